The molecule has 5 rings (SSSR count). The third kappa shape index (κ3) is 5.25. The molecule has 0 atom stereocenters. The fraction of sp³-hybridized carbons (Fsp3) is 0.393. The quantitative estimate of drug-likeness (QED) is 0.286. The summed E-state index contributed by atoms with van der Waals surface area (Å²) in [5, 5.41) is 8.21. The summed E-state index contributed by atoms with van der Waals surface area (Å²) in [5.74, 6) is 0.176. The number of fused-ring (bicyclic) bond motifs is 2. The van der Waals surface area contributed by atoms with Crippen LogP contribution in [-0.4, -0.2) is 46.5 Å². The van der Waals surface area contributed by atoms with Crippen LogP contribution in [0.2, 0.25) is 0 Å². The summed E-state index contributed by atoms with van der Waals surface area (Å²) in [5.41, 5.74) is 4.86. The van der Waals surface area contributed by atoms with Gasteiger partial charge in [0.2, 0.25) is 15.2 Å². The Morgan fingerprint density at radius 1 is 1.08 bits per heavy atom. The standard InChI is InChI=1S/C28H33N5O3S2/c1-4-6-15-32(5-2)38(35,36)23-13-11-20(12-14-23)27(34)30-26-16-19(3)31-33(26)28-29-24-17-21-9-7-8-10-22(21)18-25(24)37-28/h11-14,16-18H,4-10,15H2,1-3H3,(H,30,34). The average Bonchev–Trinajstić information content (AvgIpc) is 3.49. The maximum atomic E-state index is 13.1. The first-order valence-electron chi connectivity index (χ1n) is 13.2. The largest absolute Gasteiger partial charge is 0.306 e. The van der Waals surface area contributed by atoms with E-state index in [1.807, 2.05) is 20.8 Å². The molecule has 0 saturated carbocycles. The molecule has 0 fully saturated rings. The molecule has 0 radical (unpaired) electrons. The second-order valence-corrected chi connectivity index (χ2v) is 12.7. The number of nitrogens with one attached hydrogen (secondary N) is 1. The van der Waals surface area contributed by atoms with Gasteiger partial charge in [0.15, 0.2) is 0 Å². The minimum Gasteiger partial charge on any atom is -0.306 e. The Morgan fingerprint density at radius 2 is 1.79 bits per heavy atom. The minimum atomic E-state index is -3.60. The summed E-state index contributed by atoms with van der Waals surface area (Å²) >= 11 is 1.56. The monoisotopic (exact) mass is 551 g/mol. The van der Waals surface area contributed by atoms with Gasteiger partial charge in [-0.15, -0.1) is 0 Å². The van der Waals surface area contributed by atoms with Crippen LogP contribution < -0.4 is 5.32 Å². The predicted molar refractivity (Wildman–Crippen MR) is 152 cm³/mol. The van der Waals surface area contributed by atoms with Gasteiger partial charge >= 0.3 is 0 Å². The lowest BCUT2D eigenvalue weighted by molar-refractivity contribution is 0.102. The van der Waals surface area contributed by atoms with Crippen molar-refractivity contribution in [2.75, 3.05) is 18.4 Å². The number of anilines is 1. The Kier molecular flexibility index (Phi) is 7.65. The van der Waals surface area contributed by atoms with Gasteiger partial charge in [0.1, 0.15) is 5.82 Å². The number of thiazole rings is 1. The first-order valence-corrected chi connectivity index (χ1v) is 15.5. The van der Waals surface area contributed by atoms with Crippen LogP contribution in [0.1, 0.15) is 66.7 Å². The van der Waals surface area contributed by atoms with Crippen LogP contribution in [0.4, 0.5) is 5.82 Å². The number of nitrogens with zero attached hydrogens (tertiary/aromatic N) is 4. The molecule has 0 aliphatic heterocycles. The summed E-state index contributed by atoms with van der Waals surface area (Å²) in [6, 6.07) is 12.3. The van der Waals surface area contributed by atoms with Crippen molar-refractivity contribution in [1.29, 1.82) is 0 Å². The number of hydrogen-bond acceptors (Lipinski definition) is 6. The highest BCUT2D eigenvalue weighted by molar-refractivity contribution is 7.89. The first kappa shape index (κ1) is 26.5. The van der Waals surface area contributed by atoms with Crippen molar-refractivity contribution in [2.45, 2.75) is 64.2 Å². The van der Waals surface area contributed by atoms with Gasteiger partial charge < -0.3 is 5.32 Å². The molecule has 1 aliphatic carbocycles. The van der Waals surface area contributed by atoms with Crippen molar-refractivity contribution in [2.24, 2.45) is 0 Å². The Balaban J connectivity index is 1.37. The molecule has 0 unspecified atom stereocenters. The van der Waals surface area contributed by atoms with Crippen molar-refractivity contribution in [1.82, 2.24) is 19.1 Å². The lowest BCUT2D eigenvalue weighted by atomic mass is 9.92. The lowest BCUT2D eigenvalue weighted by Crippen LogP contribution is -2.31. The van der Waals surface area contributed by atoms with Gasteiger partial charge in [0.05, 0.1) is 20.8 Å². The second kappa shape index (κ2) is 11.0. The predicted octanol–water partition coefficient (Wildman–Crippen LogP) is 5.73. The third-order valence-corrected chi connectivity index (χ3v) is 9.95. The molecular formula is C28H33N5O3S2. The first-order chi connectivity index (χ1) is 18.3. The Hall–Kier alpha value is -3.08. The summed E-state index contributed by atoms with van der Waals surface area (Å²) in [6.45, 7) is 6.62. The van der Waals surface area contributed by atoms with Gasteiger partial charge in [-0.05, 0) is 86.6 Å². The van der Waals surface area contributed by atoms with Crippen molar-refractivity contribution in [3.8, 4) is 5.13 Å². The van der Waals surface area contributed by atoms with E-state index in [9.17, 15) is 13.2 Å². The SMILES string of the molecule is CCCCN(CC)S(=O)(=O)c1ccc(C(=O)Nc2cc(C)nn2-c2nc3cc4c(cc3s2)CCCC4)cc1. The molecule has 1 amide bonds. The summed E-state index contributed by atoms with van der Waals surface area (Å²) in [4.78, 5) is 18.1. The van der Waals surface area contributed by atoms with E-state index in [0.717, 1.165) is 41.6 Å². The number of carbonyl (C=O) groups excluding carboxylic acids is 1. The van der Waals surface area contributed by atoms with Gasteiger partial charge in [0.25, 0.3) is 5.91 Å². The maximum Gasteiger partial charge on any atom is 0.256 e. The normalized spacial score (nSPS) is 13.7. The van der Waals surface area contributed by atoms with Crippen molar-refractivity contribution in [3.05, 3.63) is 64.8 Å². The number of benzene rings is 2. The van der Waals surface area contributed by atoms with Crippen LogP contribution in [0.15, 0.2) is 47.4 Å². The number of carbonyl (C=O) groups is 1. The van der Waals surface area contributed by atoms with E-state index in [-0.39, 0.29) is 10.8 Å². The molecule has 8 nitrogen and oxygen atoms in total. The van der Waals surface area contributed by atoms with Crippen LogP contribution in [0.3, 0.4) is 0 Å². The van der Waals surface area contributed by atoms with E-state index >= 15 is 0 Å². The van der Waals surface area contributed by atoms with Crippen LogP contribution in [0, 0.1) is 6.92 Å². The van der Waals surface area contributed by atoms with Gasteiger partial charge in [0, 0.05) is 24.7 Å². The fourth-order valence-electron chi connectivity index (χ4n) is 4.87. The topological polar surface area (TPSA) is 97.2 Å². The smallest absolute Gasteiger partial charge is 0.256 e. The van der Waals surface area contributed by atoms with Crippen LogP contribution in [0.5, 0.6) is 0 Å². The fourth-order valence-corrected chi connectivity index (χ4v) is 7.33. The maximum absolute atomic E-state index is 13.1. The Labute approximate surface area is 227 Å². The van der Waals surface area contributed by atoms with Crippen molar-refractivity contribution in [3.63, 3.8) is 0 Å². The molecule has 1 N–H and O–H groups in total. The van der Waals surface area contributed by atoms with E-state index < -0.39 is 10.0 Å². The number of amides is 1. The number of aromatic nitrogens is 3. The molecule has 0 spiro atoms. The molecule has 4 aromatic rings. The number of hydrogen-bond donors (Lipinski definition) is 1. The highest BCUT2D eigenvalue weighted by Gasteiger charge is 2.23. The molecular weight excluding hydrogens is 518 g/mol. The number of sulfonamides is 1. The van der Waals surface area contributed by atoms with E-state index in [1.165, 1.54) is 40.4 Å². The molecule has 38 heavy (non-hydrogen) atoms. The van der Waals surface area contributed by atoms with Crippen LogP contribution in [0.25, 0.3) is 15.3 Å². The van der Waals surface area contributed by atoms with E-state index in [1.54, 1.807) is 34.2 Å². The average molecular weight is 552 g/mol. The van der Waals surface area contributed by atoms with E-state index in [0.29, 0.717) is 29.6 Å². The molecule has 0 bridgehead atoms. The third-order valence-electron chi connectivity index (χ3n) is 6.96. The highest BCUT2D eigenvalue weighted by Crippen LogP contribution is 2.32. The van der Waals surface area contributed by atoms with Crippen LogP contribution in [-0.2, 0) is 22.9 Å². The lowest BCUT2D eigenvalue weighted by Gasteiger charge is -2.20. The zero-order chi connectivity index (χ0) is 26.9. The number of rotatable bonds is 9. The van der Waals surface area contributed by atoms with Crippen LogP contribution >= 0.6 is 11.3 Å². The zero-order valence-electron chi connectivity index (χ0n) is 22.0. The molecule has 2 aromatic heterocycles. The summed E-state index contributed by atoms with van der Waals surface area (Å²) in [7, 11) is -3.60. The van der Waals surface area contributed by atoms with Gasteiger partial charge in [-0.2, -0.15) is 14.1 Å². The molecule has 0 saturated heterocycles. The van der Waals surface area contributed by atoms with E-state index in [2.05, 4.69) is 22.5 Å². The molecule has 200 valence electrons. The molecule has 10 heteroatoms. The Morgan fingerprint density at radius 3 is 2.47 bits per heavy atom. The molecule has 2 heterocycles. The summed E-state index contributed by atoms with van der Waals surface area (Å²) < 4.78 is 30.3. The van der Waals surface area contributed by atoms with Crippen molar-refractivity contribution < 1.29 is 13.2 Å². The minimum absolute atomic E-state index is 0.185. The molecule has 2 aromatic carbocycles. The Bertz CT molecular complexity index is 1530. The van der Waals surface area contributed by atoms with E-state index in [4.69, 9.17) is 4.98 Å². The van der Waals surface area contributed by atoms with Gasteiger partial charge in [-0.3, -0.25) is 4.79 Å². The number of aryl methyl sites for hydroxylation is 3. The molecule has 1 aliphatic rings. The zero-order valence-corrected chi connectivity index (χ0v) is 23.7. The summed E-state index contributed by atoms with van der Waals surface area (Å²) in [6.07, 6.45) is 6.36. The highest BCUT2D eigenvalue weighted by atomic mass is 32.2. The van der Waals surface area contributed by atoms with Crippen molar-refractivity contribution >= 4 is 43.3 Å². The second-order valence-electron chi connectivity index (χ2n) is 9.70. The van der Waals surface area contributed by atoms with Gasteiger partial charge in [-0.1, -0.05) is 31.6 Å². The van der Waals surface area contributed by atoms with Gasteiger partial charge in [-0.25, -0.2) is 13.4 Å². The number of unbranched alkanes of at least 4 members (excludes halogenated alkanes) is 1.